The molecule has 0 bridgehead atoms. The molecule has 5 nitrogen and oxygen atoms in total. The van der Waals surface area contributed by atoms with Gasteiger partial charge in [-0.25, -0.2) is 14.8 Å². The lowest BCUT2D eigenvalue weighted by Crippen LogP contribution is -2.14. The lowest BCUT2D eigenvalue weighted by atomic mass is 9.87. The average Bonchev–Trinajstić information content (AvgIpc) is 2.48. The van der Waals surface area contributed by atoms with Crippen LogP contribution < -0.4 is 0 Å². The van der Waals surface area contributed by atoms with Crippen LogP contribution in [0.2, 0.25) is 0 Å². The van der Waals surface area contributed by atoms with E-state index in [-0.39, 0.29) is 11.7 Å². The van der Waals surface area contributed by atoms with Crippen LogP contribution in [0.3, 0.4) is 0 Å². The second-order valence-corrected chi connectivity index (χ2v) is 4.83. The number of ketones is 1. The van der Waals surface area contributed by atoms with Crippen molar-refractivity contribution in [2.45, 2.75) is 33.1 Å². The summed E-state index contributed by atoms with van der Waals surface area (Å²) in [5, 5.41) is 0. The summed E-state index contributed by atoms with van der Waals surface area (Å²) in [5.74, 6) is 0.574. The predicted molar refractivity (Wildman–Crippen MR) is 74.0 cm³/mol. The summed E-state index contributed by atoms with van der Waals surface area (Å²) in [7, 11) is 0. The van der Waals surface area contributed by atoms with Crippen LogP contribution in [0, 0.1) is 5.92 Å². The van der Waals surface area contributed by atoms with Crippen LogP contribution in [-0.4, -0.2) is 28.3 Å². The minimum absolute atomic E-state index is 0.123. The molecule has 0 saturated carbocycles. The van der Waals surface area contributed by atoms with Gasteiger partial charge in [-0.2, -0.15) is 0 Å². The zero-order valence-electron chi connectivity index (χ0n) is 11.8. The molecule has 5 heteroatoms. The summed E-state index contributed by atoms with van der Waals surface area (Å²) in [4.78, 5) is 31.2. The van der Waals surface area contributed by atoms with Crippen molar-refractivity contribution in [3.63, 3.8) is 0 Å². The van der Waals surface area contributed by atoms with E-state index < -0.39 is 5.97 Å². The van der Waals surface area contributed by atoms with Gasteiger partial charge in [-0.15, -0.1) is 0 Å². The quantitative estimate of drug-likeness (QED) is 0.789. The molecule has 1 aliphatic rings. The summed E-state index contributed by atoms with van der Waals surface area (Å²) in [6.07, 6.45) is 7.37. The number of esters is 1. The highest BCUT2D eigenvalue weighted by molar-refractivity contribution is 5.88. The molecule has 0 aliphatic heterocycles. The number of aromatic nitrogens is 2. The topological polar surface area (TPSA) is 69.2 Å². The molecule has 0 aromatic carbocycles. The van der Waals surface area contributed by atoms with Crippen LogP contribution in [0.4, 0.5) is 0 Å². The summed E-state index contributed by atoms with van der Waals surface area (Å²) in [6, 6.07) is 0. The number of Topliss-reactive ketones (excluding diaryl/α,β-unsaturated/α-hetero) is 1. The molecule has 0 radical (unpaired) electrons. The van der Waals surface area contributed by atoms with Gasteiger partial charge in [0.25, 0.3) is 0 Å². The van der Waals surface area contributed by atoms with Crippen LogP contribution in [0.1, 0.15) is 49.3 Å². The summed E-state index contributed by atoms with van der Waals surface area (Å²) >= 11 is 0. The van der Waals surface area contributed by atoms with Crippen molar-refractivity contribution in [2.24, 2.45) is 5.92 Å². The van der Waals surface area contributed by atoms with E-state index >= 15 is 0 Å². The second kappa shape index (κ2) is 6.41. The van der Waals surface area contributed by atoms with E-state index in [2.05, 4.69) is 9.97 Å². The summed E-state index contributed by atoms with van der Waals surface area (Å²) < 4.78 is 4.88. The maximum Gasteiger partial charge on any atom is 0.341 e. The fourth-order valence-corrected chi connectivity index (χ4v) is 2.22. The maximum atomic E-state index is 11.5. The van der Waals surface area contributed by atoms with Gasteiger partial charge in [0.1, 0.15) is 5.78 Å². The number of carbonyl (C=O) groups is 2. The van der Waals surface area contributed by atoms with E-state index in [9.17, 15) is 9.59 Å². The Morgan fingerprint density at radius 1 is 1.35 bits per heavy atom. The smallest absolute Gasteiger partial charge is 0.341 e. The zero-order chi connectivity index (χ0) is 14.5. The van der Waals surface area contributed by atoms with Gasteiger partial charge in [0.2, 0.25) is 0 Å². The molecule has 1 atom stereocenters. The Balaban J connectivity index is 2.07. The molecule has 0 spiro atoms. The van der Waals surface area contributed by atoms with Crippen molar-refractivity contribution in [1.29, 1.82) is 0 Å². The van der Waals surface area contributed by atoms with E-state index in [0.717, 1.165) is 24.8 Å². The third-order valence-electron chi connectivity index (χ3n) is 3.44. The van der Waals surface area contributed by atoms with E-state index in [1.807, 2.05) is 6.08 Å². The van der Waals surface area contributed by atoms with E-state index in [0.29, 0.717) is 18.0 Å². The average molecular weight is 274 g/mol. The van der Waals surface area contributed by atoms with Gasteiger partial charge in [0.05, 0.1) is 12.2 Å². The molecule has 1 heterocycles. The first-order valence-corrected chi connectivity index (χ1v) is 6.80. The first kappa shape index (κ1) is 14.4. The molecule has 1 aromatic heterocycles. The van der Waals surface area contributed by atoms with E-state index in [4.69, 9.17) is 4.74 Å². The minimum atomic E-state index is -0.409. The fourth-order valence-electron chi connectivity index (χ4n) is 2.22. The lowest BCUT2D eigenvalue weighted by molar-refractivity contribution is -0.120. The van der Waals surface area contributed by atoms with Gasteiger partial charge in [-0.3, -0.25) is 4.79 Å². The number of carbonyl (C=O) groups excluding carboxylic acids is 2. The number of ether oxygens (including phenoxy) is 1. The van der Waals surface area contributed by atoms with Gasteiger partial charge in [-0.05, 0) is 38.7 Å². The van der Waals surface area contributed by atoms with Gasteiger partial charge in [0, 0.05) is 18.3 Å². The molecule has 1 aliphatic carbocycles. The second-order valence-electron chi connectivity index (χ2n) is 4.83. The standard InChI is InChI=1S/C15H18N2O3/c1-3-20-15(19)13-8-16-14(17-9-13)12-6-4-11(5-7-12)10(2)18/h6,8-9,11H,3-5,7H2,1-2H3. The molecule has 20 heavy (non-hydrogen) atoms. The molecule has 2 rings (SSSR count). The fraction of sp³-hybridized carbons (Fsp3) is 0.467. The highest BCUT2D eigenvalue weighted by Gasteiger charge is 2.20. The highest BCUT2D eigenvalue weighted by atomic mass is 16.5. The number of rotatable bonds is 4. The molecular formula is C15H18N2O3. The van der Waals surface area contributed by atoms with Gasteiger partial charge >= 0.3 is 5.97 Å². The van der Waals surface area contributed by atoms with Gasteiger partial charge in [0.15, 0.2) is 5.82 Å². The zero-order valence-corrected chi connectivity index (χ0v) is 11.8. The predicted octanol–water partition coefficient (Wildman–Crippen LogP) is 2.43. The maximum absolute atomic E-state index is 11.5. The monoisotopic (exact) mass is 274 g/mol. The molecule has 0 saturated heterocycles. The van der Waals surface area contributed by atoms with Gasteiger partial charge < -0.3 is 4.74 Å². The van der Waals surface area contributed by atoms with Crippen molar-refractivity contribution < 1.29 is 14.3 Å². The Hall–Kier alpha value is -2.04. The van der Waals surface area contributed by atoms with Crippen LogP contribution >= 0.6 is 0 Å². The lowest BCUT2D eigenvalue weighted by Gasteiger charge is -2.18. The Kier molecular flexibility index (Phi) is 4.61. The Morgan fingerprint density at radius 2 is 2.05 bits per heavy atom. The normalized spacial score (nSPS) is 18.3. The van der Waals surface area contributed by atoms with Crippen molar-refractivity contribution in [2.75, 3.05) is 6.61 Å². The first-order chi connectivity index (χ1) is 9.61. The van der Waals surface area contributed by atoms with Crippen LogP contribution in [0.25, 0.3) is 5.57 Å². The SMILES string of the molecule is CCOC(=O)c1cnc(C2=CCC(C(C)=O)CC2)nc1. The number of hydrogen-bond donors (Lipinski definition) is 0. The molecule has 1 unspecified atom stereocenters. The van der Waals surface area contributed by atoms with E-state index in [1.165, 1.54) is 12.4 Å². The van der Waals surface area contributed by atoms with Crippen LogP contribution in [0.15, 0.2) is 18.5 Å². The van der Waals surface area contributed by atoms with Crippen molar-refractivity contribution in [1.82, 2.24) is 9.97 Å². The van der Waals surface area contributed by atoms with E-state index in [1.54, 1.807) is 13.8 Å². The molecule has 0 N–H and O–H groups in total. The van der Waals surface area contributed by atoms with Crippen molar-refractivity contribution in [3.05, 3.63) is 29.9 Å². The molecular weight excluding hydrogens is 256 g/mol. The minimum Gasteiger partial charge on any atom is -0.462 e. The molecule has 0 fully saturated rings. The van der Waals surface area contributed by atoms with Gasteiger partial charge in [-0.1, -0.05) is 6.08 Å². The first-order valence-electron chi connectivity index (χ1n) is 6.80. The Labute approximate surface area is 118 Å². The van der Waals surface area contributed by atoms with Crippen LogP contribution in [0.5, 0.6) is 0 Å². The largest absolute Gasteiger partial charge is 0.462 e. The third kappa shape index (κ3) is 3.29. The third-order valence-corrected chi connectivity index (χ3v) is 3.44. The molecule has 1 aromatic rings. The Bertz CT molecular complexity index is 535. The van der Waals surface area contributed by atoms with Crippen LogP contribution in [-0.2, 0) is 9.53 Å². The Morgan fingerprint density at radius 3 is 2.55 bits per heavy atom. The summed E-state index contributed by atoms with van der Waals surface area (Å²) in [5.41, 5.74) is 1.39. The molecule has 106 valence electrons. The number of hydrogen-bond acceptors (Lipinski definition) is 5. The number of allylic oxidation sites excluding steroid dienone is 2. The molecule has 0 amide bonds. The van der Waals surface area contributed by atoms with Crippen molar-refractivity contribution in [3.8, 4) is 0 Å². The summed E-state index contributed by atoms with van der Waals surface area (Å²) in [6.45, 7) is 3.72. The highest BCUT2D eigenvalue weighted by Crippen LogP contribution is 2.28. The number of nitrogens with zero attached hydrogens (tertiary/aromatic N) is 2. The van der Waals surface area contributed by atoms with Crippen molar-refractivity contribution >= 4 is 17.3 Å².